The van der Waals surface area contributed by atoms with Crippen LogP contribution < -0.4 is 4.74 Å². The number of carbonyl (C=O) groups is 1. The Balaban J connectivity index is 2.69. The summed E-state index contributed by atoms with van der Waals surface area (Å²) in [4.78, 5) is 23.4. The van der Waals surface area contributed by atoms with Crippen LogP contribution in [-0.2, 0) is 9.53 Å². The summed E-state index contributed by atoms with van der Waals surface area (Å²) in [6.07, 6.45) is 3.60. The van der Waals surface area contributed by atoms with E-state index in [1.54, 1.807) is 18.0 Å². The zero-order chi connectivity index (χ0) is 21.7. The van der Waals surface area contributed by atoms with Gasteiger partial charge in [0, 0.05) is 20.3 Å². The minimum Gasteiger partial charge on any atom is -0.465 e. The highest BCUT2D eigenvalue weighted by Crippen LogP contribution is 2.36. The lowest BCUT2D eigenvalue weighted by molar-refractivity contribution is -0.133. The summed E-state index contributed by atoms with van der Waals surface area (Å²) in [6.45, 7) is 8.11. The Labute approximate surface area is 177 Å². The van der Waals surface area contributed by atoms with Gasteiger partial charge in [0.2, 0.25) is 5.88 Å². The molecule has 0 radical (unpaired) electrons. The van der Waals surface area contributed by atoms with Gasteiger partial charge in [-0.3, -0.25) is 0 Å². The molecule has 0 saturated heterocycles. The Morgan fingerprint density at radius 1 is 1.17 bits per heavy atom. The predicted octanol–water partition coefficient (Wildman–Crippen LogP) is 4.81. The number of hydrogen-bond donors (Lipinski definition) is 0. The molecule has 2 rings (SSSR count). The summed E-state index contributed by atoms with van der Waals surface area (Å²) in [5, 5.41) is 0.655. The molecule has 0 amide bonds. The fourth-order valence-electron chi connectivity index (χ4n) is 2.84. The van der Waals surface area contributed by atoms with E-state index in [0.29, 0.717) is 39.5 Å². The van der Waals surface area contributed by atoms with Crippen molar-refractivity contribution in [1.29, 1.82) is 0 Å². The van der Waals surface area contributed by atoms with Gasteiger partial charge in [-0.2, -0.15) is 4.98 Å². The molecule has 0 spiro atoms. The molecule has 1 aromatic carbocycles. The van der Waals surface area contributed by atoms with Crippen LogP contribution in [0.1, 0.15) is 42.3 Å². The van der Waals surface area contributed by atoms with E-state index in [-0.39, 0.29) is 0 Å². The molecule has 1 heterocycles. The Kier molecular flexibility index (Phi) is 7.67. The summed E-state index contributed by atoms with van der Waals surface area (Å²) in [5.41, 5.74) is 3.14. The maximum absolute atomic E-state index is 12.6. The van der Waals surface area contributed by atoms with Crippen LogP contribution in [0.15, 0.2) is 29.4 Å². The number of rotatable bonds is 7. The van der Waals surface area contributed by atoms with E-state index >= 15 is 0 Å². The third kappa shape index (κ3) is 5.73. The van der Waals surface area contributed by atoms with Gasteiger partial charge in [0.1, 0.15) is 16.6 Å². The SMILES string of the molecule is COC(=O)C(=CN(C)C)c1c(Oc2cc(C)cc(C(C)C)c2)nc(C)nc1SC. The van der Waals surface area contributed by atoms with Gasteiger partial charge >= 0.3 is 5.97 Å². The topological polar surface area (TPSA) is 64.5 Å². The van der Waals surface area contributed by atoms with Crippen LogP contribution in [0.5, 0.6) is 11.6 Å². The Morgan fingerprint density at radius 3 is 2.41 bits per heavy atom. The summed E-state index contributed by atoms with van der Waals surface area (Å²) in [5.74, 6) is 1.47. The minimum absolute atomic E-state index is 0.334. The van der Waals surface area contributed by atoms with E-state index in [2.05, 4.69) is 29.9 Å². The molecule has 0 aliphatic rings. The zero-order valence-corrected chi connectivity index (χ0v) is 19.2. The monoisotopic (exact) mass is 415 g/mol. The lowest BCUT2D eigenvalue weighted by Crippen LogP contribution is -2.13. The van der Waals surface area contributed by atoms with Crippen molar-refractivity contribution in [2.24, 2.45) is 0 Å². The number of thioether (sulfide) groups is 1. The summed E-state index contributed by atoms with van der Waals surface area (Å²) < 4.78 is 11.2. The number of nitrogens with zero attached hydrogens (tertiary/aromatic N) is 3. The molecule has 0 unspecified atom stereocenters. The lowest BCUT2D eigenvalue weighted by atomic mass is 10.0. The third-order valence-corrected chi connectivity index (χ3v) is 4.85. The molecule has 2 aromatic rings. The van der Waals surface area contributed by atoms with E-state index in [0.717, 1.165) is 5.56 Å². The molecule has 0 fully saturated rings. The number of aromatic nitrogens is 2. The zero-order valence-electron chi connectivity index (χ0n) is 18.4. The fraction of sp³-hybridized carbons (Fsp3) is 0.409. The normalized spacial score (nSPS) is 11.6. The number of methoxy groups -OCH3 is 1. The van der Waals surface area contributed by atoms with Crippen LogP contribution >= 0.6 is 11.8 Å². The Morgan fingerprint density at radius 2 is 1.86 bits per heavy atom. The molecular formula is C22H29N3O3S. The van der Waals surface area contributed by atoms with Crippen LogP contribution in [-0.4, -0.2) is 48.3 Å². The number of hydrogen-bond acceptors (Lipinski definition) is 7. The molecule has 29 heavy (non-hydrogen) atoms. The van der Waals surface area contributed by atoms with Gasteiger partial charge in [-0.1, -0.05) is 19.9 Å². The second kappa shape index (κ2) is 9.78. The van der Waals surface area contributed by atoms with E-state index in [4.69, 9.17) is 9.47 Å². The van der Waals surface area contributed by atoms with Crippen LogP contribution in [0.3, 0.4) is 0 Å². The van der Waals surface area contributed by atoms with E-state index < -0.39 is 5.97 Å². The molecule has 0 bridgehead atoms. The van der Waals surface area contributed by atoms with E-state index in [9.17, 15) is 4.79 Å². The van der Waals surface area contributed by atoms with Crippen molar-refractivity contribution in [3.8, 4) is 11.6 Å². The quantitative estimate of drug-likeness (QED) is 0.278. The van der Waals surface area contributed by atoms with Gasteiger partial charge in [-0.25, -0.2) is 9.78 Å². The van der Waals surface area contributed by atoms with Crippen molar-refractivity contribution in [2.45, 2.75) is 38.6 Å². The van der Waals surface area contributed by atoms with Crippen LogP contribution in [0.25, 0.3) is 5.57 Å². The van der Waals surface area contributed by atoms with Gasteiger partial charge in [-0.05, 0) is 49.3 Å². The van der Waals surface area contributed by atoms with Crippen molar-refractivity contribution >= 4 is 23.3 Å². The summed E-state index contributed by atoms with van der Waals surface area (Å²) in [7, 11) is 5.04. The van der Waals surface area contributed by atoms with Crippen molar-refractivity contribution in [1.82, 2.24) is 14.9 Å². The highest BCUT2D eigenvalue weighted by Gasteiger charge is 2.25. The Hall–Kier alpha value is -2.54. The van der Waals surface area contributed by atoms with Crippen LogP contribution in [0.4, 0.5) is 0 Å². The predicted molar refractivity (Wildman–Crippen MR) is 118 cm³/mol. The Bertz CT molecular complexity index is 924. The summed E-state index contributed by atoms with van der Waals surface area (Å²) in [6, 6.07) is 6.10. The second-order valence-corrected chi connectivity index (χ2v) is 8.09. The summed E-state index contributed by atoms with van der Waals surface area (Å²) >= 11 is 1.43. The molecule has 6 nitrogen and oxygen atoms in total. The smallest absolute Gasteiger partial charge is 0.340 e. The minimum atomic E-state index is -0.474. The van der Waals surface area contributed by atoms with E-state index in [1.807, 2.05) is 39.4 Å². The van der Waals surface area contributed by atoms with Gasteiger partial charge in [-0.15, -0.1) is 11.8 Å². The third-order valence-electron chi connectivity index (χ3n) is 4.16. The number of benzene rings is 1. The number of carbonyl (C=O) groups excluding carboxylic acids is 1. The lowest BCUT2D eigenvalue weighted by Gasteiger charge is -2.18. The fourth-order valence-corrected chi connectivity index (χ4v) is 3.47. The molecule has 0 saturated carbocycles. The average molecular weight is 416 g/mol. The molecule has 0 atom stereocenters. The standard InChI is InChI=1S/C22H29N3O3S/c1-13(2)16-9-14(3)10-17(11-16)28-20-19(21(29-8)24-15(4)23-20)18(12-25(5)6)22(26)27-7/h9-13H,1-8H3. The molecule has 0 aliphatic carbocycles. The van der Waals surface area contributed by atoms with Crippen molar-refractivity contribution in [2.75, 3.05) is 27.5 Å². The highest BCUT2D eigenvalue weighted by molar-refractivity contribution is 7.98. The van der Waals surface area contributed by atoms with Gasteiger partial charge in [0.15, 0.2) is 0 Å². The first-order valence-electron chi connectivity index (χ1n) is 9.35. The average Bonchev–Trinajstić information content (AvgIpc) is 2.64. The molecule has 7 heteroatoms. The van der Waals surface area contributed by atoms with Gasteiger partial charge in [0.05, 0.1) is 18.2 Å². The highest BCUT2D eigenvalue weighted by atomic mass is 32.2. The van der Waals surface area contributed by atoms with Crippen molar-refractivity contribution < 1.29 is 14.3 Å². The van der Waals surface area contributed by atoms with Crippen LogP contribution in [0, 0.1) is 13.8 Å². The van der Waals surface area contributed by atoms with Gasteiger partial charge in [0.25, 0.3) is 0 Å². The second-order valence-electron chi connectivity index (χ2n) is 7.29. The molecule has 0 N–H and O–H groups in total. The number of esters is 1. The molecular weight excluding hydrogens is 386 g/mol. The maximum Gasteiger partial charge on any atom is 0.340 e. The van der Waals surface area contributed by atoms with Gasteiger partial charge < -0.3 is 14.4 Å². The maximum atomic E-state index is 12.6. The molecule has 156 valence electrons. The number of ether oxygens (including phenoxy) is 2. The van der Waals surface area contributed by atoms with Crippen LogP contribution in [0.2, 0.25) is 0 Å². The van der Waals surface area contributed by atoms with E-state index in [1.165, 1.54) is 24.4 Å². The number of aryl methyl sites for hydroxylation is 2. The largest absolute Gasteiger partial charge is 0.465 e. The molecule has 0 aliphatic heterocycles. The first-order valence-corrected chi connectivity index (χ1v) is 10.6. The first kappa shape index (κ1) is 22.7. The van der Waals surface area contributed by atoms with Crippen molar-refractivity contribution in [3.63, 3.8) is 0 Å². The van der Waals surface area contributed by atoms with Crippen molar-refractivity contribution in [3.05, 3.63) is 46.9 Å². The molecule has 1 aromatic heterocycles. The first-order chi connectivity index (χ1) is 13.7.